The number of carbonyl (C=O) groups is 1. The maximum absolute atomic E-state index is 12.2. The highest BCUT2D eigenvalue weighted by Gasteiger charge is 2.26. The maximum atomic E-state index is 12.2. The molecular formula is C14H19BrN2O2. The zero-order valence-electron chi connectivity index (χ0n) is 11.0. The van der Waals surface area contributed by atoms with Gasteiger partial charge >= 0.3 is 0 Å². The predicted octanol–water partition coefficient (Wildman–Crippen LogP) is 2.37. The van der Waals surface area contributed by atoms with E-state index in [0.29, 0.717) is 5.92 Å². The second-order valence-electron chi connectivity index (χ2n) is 5.17. The molecule has 2 rings (SSSR count). The first-order valence-electron chi connectivity index (χ1n) is 6.68. The van der Waals surface area contributed by atoms with Crippen molar-refractivity contribution in [1.82, 2.24) is 10.3 Å². The minimum absolute atomic E-state index is 0.168. The molecule has 1 saturated carbocycles. The van der Waals surface area contributed by atoms with Gasteiger partial charge in [0.1, 0.15) is 5.56 Å². The van der Waals surface area contributed by atoms with Crippen LogP contribution in [0, 0.1) is 12.8 Å². The normalized spacial score (nSPS) is 23.1. The number of nitrogens with one attached hydrogen (secondary N) is 2. The van der Waals surface area contributed by atoms with Crippen molar-refractivity contribution in [3.8, 4) is 0 Å². The summed E-state index contributed by atoms with van der Waals surface area (Å²) in [6.45, 7) is 1.80. The van der Waals surface area contributed by atoms with Crippen LogP contribution in [-0.2, 0) is 0 Å². The summed E-state index contributed by atoms with van der Waals surface area (Å²) in [7, 11) is 0. The van der Waals surface area contributed by atoms with E-state index in [1.165, 1.54) is 18.7 Å². The Hall–Kier alpha value is -1.10. The van der Waals surface area contributed by atoms with Gasteiger partial charge in [0.05, 0.1) is 0 Å². The molecule has 2 N–H and O–H groups in total. The number of H-pyrrole nitrogens is 1. The Morgan fingerprint density at radius 1 is 1.47 bits per heavy atom. The van der Waals surface area contributed by atoms with Crippen LogP contribution >= 0.6 is 15.9 Å². The molecule has 1 aliphatic rings. The number of pyridine rings is 1. The van der Waals surface area contributed by atoms with E-state index in [1.807, 2.05) is 0 Å². The third-order valence-corrected chi connectivity index (χ3v) is 4.56. The highest BCUT2D eigenvalue weighted by atomic mass is 79.9. The lowest BCUT2D eigenvalue weighted by molar-refractivity contribution is 0.0910. The zero-order chi connectivity index (χ0) is 13.8. The third kappa shape index (κ3) is 3.47. The average molecular weight is 327 g/mol. The van der Waals surface area contributed by atoms with E-state index < -0.39 is 0 Å². The van der Waals surface area contributed by atoms with Gasteiger partial charge in [0.2, 0.25) is 0 Å². The van der Waals surface area contributed by atoms with E-state index >= 15 is 0 Å². The van der Waals surface area contributed by atoms with Crippen LogP contribution in [0.3, 0.4) is 0 Å². The van der Waals surface area contributed by atoms with Gasteiger partial charge in [-0.1, -0.05) is 28.8 Å². The van der Waals surface area contributed by atoms with E-state index in [-0.39, 0.29) is 22.9 Å². The maximum Gasteiger partial charge on any atom is 0.256 e. The van der Waals surface area contributed by atoms with Crippen molar-refractivity contribution in [3.05, 3.63) is 33.7 Å². The molecule has 19 heavy (non-hydrogen) atoms. The molecule has 2 unspecified atom stereocenters. The Kier molecular flexibility index (Phi) is 4.80. The molecular weight excluding hydrogens is 308 g/mol. The minimum atomic E-state index is -0.265. The Morgan fingerprint density at radius 2 is 2.21 bits per heavy atom. The summed E-state index contributed by atoms with van der Waals surface area (Å²) in [4.78, 5) is 26.9. The monoisotopic (exact) mass is 326 g/mol. The van der Waals surface area contributed by atoms with E-state index in [0.717, 1.165) is 30.3 Å². The van der Waals surface area contributed by atoms with Gasteiger partial charge in [-0.15, -0.1) is 0 Å². The quantitative estimate of drug-likeness (QED) is 0.837. The van der Waals surface area contributed by atoms with Crippen molar-refractivity contribution >= 4 is 21.8 Å². The van der Waals surface area contributed by atoms with Crippen LogP contribution in [0.2, 0.25) is 0 Å². The van der Waals surface area contributed by atoms with Crippen molar-refractivity contribution in [2.45, 2.75) is 38.6 Å². The molecule has 1 aromatic heterocycles. The van der Waals surface area contributed by atoms with E-state index in [9.17, 15) is 9.59 Å². The minimum Gasteiger partial charge on any atom is -0.364 e. The van der Waals surface area contributed by atoms with Crippen LogP contribution in [-0.4, -0.2) is 22.3 Å². The van der Waals surface area contributed by atoms with Crippen molar-refractivity contribution in [3.63, 3.8) is 0 Å². The number of hydrogen-bond acceptors (Lipinski definition) is 2. The number of alkyl halides is 1. The molecule has 1 aliphatic carbocycles. The molecule has 5 heteroatoms. The van der Waals surface area contributed by atoms with Gasteiger partial charge in [0.15, 0.2) is 5.43 Å². The number of carbonyl (C=O) groups excluding carboxylic acids is 1. The van der Waals surface area contributed by atoms with Crippen molar-refractivity contribution in [1.29, 1.82) is 0 Å². The van der Waals surface area contributed by atoms with Crippen molar-refractivity contribution < 1.29 is 4.79 Å². The lowest BCUT2D eigenvalue weighted by Gasteiger charge is -2.30. The fourth-order valence-corrected chi connectivity index (χ4v) is 3.35. The van der Waals surface area contributed by atoms with Crippen molar-refractivity contribution in [2.75, 3.05) is 5.33 Å². The number of rotatable bonds is 3. The molecule has 0 spiro atoms. The number of aryl methyl sites for hydroxylation is 1. The Balaban J connectivity index is 2.09. The molecule has 0 aliphatic heterocycles. The number of halogens is 1. The lowest BCUT2D eigenvalue weighted by atomic mass is 9.86. The molecule has 0 bridgehead atoms. The average Bonchev–Trinajstić information content (AvgIpc) is 2.39. The van der Waals surface area contributed by atoms with Crippen LogP contribution in [0.25, 0.3) is 0 Å². The largest absolute Gasteiger partial charge is 0.364 e. The van der Waals surface area contributed by atoms with E-state index in [4.69, 9.17) is 0 Å². The molecule has 104 valence electrons. The standard InChI is InChI=1S/C14H19BrN2O2/c1-9-6-13(18)11(8-16-9)14(19)17-12-5-3-2-4-10(12)7-15/h6,8,10,12H,2-5,7H2,1H3,(H,16,18)(H,17,19). The summed E-state index contributed by atoms with van der Waals surface area (Å²) in [5.41, 5.74) is 0.738. The van der Waals surface area contributed by atoms with E-state index in [1.54, 1.807) is 6.92 Å². The summed E-state index contributed by atoms with van der Waals surface area (Å²) in [6, 6.07) is 1.62. The van der Waals surface area contributed by atoms with Crippen LogP contribution in [0.1, 0.15) is 41.7 Å². The summed E-state index contributed by atoms with van der Waals surface area (Å²) < 4.78 is 0. The van der Waals surface area contributed by atoms with Gasteiger partial charge in [-0.3, -0.25) is 9.59 Å². The van der Waals surface area contributed by atoms with E-state index in [2.05, 4.69) is 26.2 Å². The van der Waals surface area contributed by atoms with Gasteiger partial charge in [0, 0.05) is 29.3 Å². The number of amides is 1. The summed E-state index contributed by atoms with van der Waals surface area (Å²) in [5, 5.41) is 3.90. The van der Waals surface area contributed by atoms with Crippen LogP contribution in [0.15, 0.2) is 17.1 Å². The molecule has 0 aromatic carbocycles. The second kappa shape index (κ2) is 6.37. The molecule has 1 amide bonds. The molecule has 0 saturated heterocycles. The smallest absolute Gasteiger partial charge is 0.256 e. The highest BCUT2D eigenvalue weighted by molar-refractivity contribution is 9.09. The van der Waals surface area contributed by atoms with Crippen LogP contribution in [0.5, 0.6) is 0 Å². The third-order valence-electron chi connectivity index (χ3n) is 3.73. The Bertz CT molecular complexity index is 512. The van der Waals surface area contributed by atoms with Crippen molar-refractivity contribution in [2.24, 2.45) is 5.92 Å². The van der Waals surface area contributed by atoms with Gasteiger partial charge < -0.3 is 10.3 Å². The van der Waals surface area contributed by atoms with Crippen LogP contribution in [0.4, 0.5) is 0 Å². The second-order valence-corrected chi connectivity index (χ2v) is 5.82. The molecule has 4 nitrogen and oxygen atoms in total. The Morgan fingerprint density at radius 3 is 2.89 bits per heavy atom. The number of hydrogen-bond donors (Lipinski definition) is 2. The lowest BCUT2D eigenvalue weighted by Crippen LogP contribution is -2.44. The molecule has 1 heterocycles. The van der Waals surface area contributed by atoms with Gasteiger partial charge in [-0.2, -0.15) is 0 Å². The Labute approximate surface area is 121 Å². The van der Waals surface area contributed by atoms with Crippen LogP contribution < -0.4 is 10.7 Å². The first-order valence-corrected chi connectivity index (χ1v) is 7.80. The highest BCUT2D eigenvalue weighted by Crippen LogP contribution is 2.26. The topological polar surface area (TPSA) is 62.0 Å². The van der Waals surface area contributed by atoms with Gasteiger partial charge in [-0.25, -0.2) is 0 Å². The summed E-state index contributed by atoms with van der Waals surface area (Å²) in [6.07, 6.45) is 5.97. The fraction of sp³-hybridized carbons (Fsp3) is 0.571. The number of aromatic amines is 1. The summed E-state index contributed by atoms with van der Waals surface area (Å²) in [5.74, 6) is 0.196. The molecule has 1 aromatic rings. The summed E-state index contributed by atoms with van der Waals surface area (Å²) >= 11 is 3.50. The molecule has 1 fully saturated rings. The SMILES string of the molecule is Cc1cc(=O)c(C(=O)NC2CCCCC2CBr)c[nH]1. The molecule has 0 radical (unpaired) electrons. The first-order chi connectivity index (χ1) is 9.11. The predicted molar refractivity (Wildman–Crippen MR) is 78.8 cm³/mol. The zero-order valence-corrected chi connectivity index (χ0v) is 12.6. The van der Waals surface area contributed by atoms with Gasteiger partial charge in [-0.05, 0) is 25.7 Å². The molecule has 2 atom stereocenters. The first kappa shape index (κ1) is 14.3. The van der Waals surface area contributed by atoms with Gasteiger partial charge in [0.25, 0.3) is 5.91 Å². The fourth-order valence-electron chi connectivity index (χ4n) is 2.58. The number of aromatic nitrogens is 1.